The molecule has 0 aliphatic rings. The molecule has 104 valence electrons. The smallest absolute Gasteiger partial charge is 0.249 e. The number of ketones is 1. The van der Waals surface area contributed by atoms with Crippen LogP contribution in [0, 0.1) is 0 Å². The van der Waals surface area contributed by atoms with Crippen LogP contribution in [0.3, 0.4) is 0 Å². The first-order valence-electron chi connectivity index (χ1n) is 6.50. The van der Waals surface area contributed by atoms with Gasteiger partial charge in [0.1, 0.15) is 0 Å². The quantitative estimate of drug-likeness (QED) is 0.786. The van der Waals surface area contributed by atoms with Crippen LogP contribution in [0.25, 0.3) is 0 Å². The highest BCUT2D eigenvalue weighted by Crippen LogP contribution is 2.15. The summed E-state index contributed by atoms with van der Waals surface area (Å²) in [5, 5.41) is 14.0. The van der Waals surface area contributed by atoms with E-state index in [4.69, 9.17) is 0 Å². The standard InChI is InChI=1S/C14H17N5O/c1-3-7-15-13-9-16-19-14(18-13)17-12-6-4-5-11(8-12)10(2)20/h4-6,8-9H,3,7H2,1-2H3,(H2,15,17,18,19). The van der Waals surface area contributed by atoms with Gasteiger partial charge < -0.3 is 10.6 Å². The molecule has 0 unspecified atom stereocenters. The Morgan fingerprint density at radius 3 is 2.95 bits per heavy atom. The van der Waals surface area contributed by atoms with E-state index in [2.05, 4.69) is 32.7 Å². The summed E-state index contributed by atoms with van der Waals surface area (Å²) in [5.74, 6) is 1.09. The fraction of sp³-hybridized carbons (Fsp3) is 0.286. The summed E-state index contributed by atoms with van der Waals surface area (Å²) < 4.78 is 0. The minimum absolute atomic E-state index is 0.0195. The van der Waals surface area contributed by atoms with Crippen LogP contribution in [0.1, 0.15) is 30.6 Å². The number of carbonyl (C=O) groups is 1. The first kappa shape index (κ1) is 13.9. The molecule has 2 aromatic rings. The average molecular weight is 271 g/mol. The van der Waals surface area contributed by atoms with Crippen molar-refractivity contribution < 1.29 is 4.79 Å². The van der Waals surface area contributed by atoms with Gasteiger partial charge in [0.15, 0.2) is 11.6 Å². The number of aromatic nitrogens is 3. The molecule has 0 amide bonds. The molecule has 0 aliphatic heterocycles. The molecule has 0 saturated carbocycles. The zero-order chi connectivity index (χ0) is 14.4. The molecule has 0 spiro atoms. The van der Waals surface area contributed by atoms with Crippen LogP contribution in [0.5, 0.6) is 0 Å². The first-order valence-corrected chi connectivity index (χ1v) is 6.50. The van der Waals surface area contributed by atoms with E-state index >= 15 is 0 Å². The maximum Gasteiger partial charge on any atom is 0.249 e. The molecule has 6 nitrogen and oxygen atoms in total. The normalized spacial score (nSPS) is 10.1. The fourth-order valence-corrected chi connectivity index (χ4v) is 1.64. The molecule has 1 aromatic carbocycles. The Morgan fingerprint density at radius 2 is 2.20 bits per heavy atom. The molecule has 1 aromatic heterocycles. The van der Waals surface area contributed by atoms with Crippen molar-refractivity contribution in [3.63, 3.8) is 0 Å². The van der Waals surface area contributed by atoms with Crippen molar-refractivity contribution in [2.45, 2.75) is 20.3 Å². The van der Waals surface area contributed by atoms with Crippen LogP contribution in [0.15, 0.2) is 30.5 Å². The summed E-state index contributed by atoms with van der Waals surface area (Å²) in [4.78, 5) is 15.6. The Balaban J connectivity index is 2.13. The predicted molar refractivity (Wildman–Crippen MR) is 78.3 cm³/mol. The maximum absolute atomic E-state index is 11.3. The van der Waals surface area contributed by atoms with Crippen LogP contribution in [0.4, 0.5) is 17.5 Å². The van der Waals surface area contributed by atoms with Gasteiger partial charge in [0, 0.05) is 17.8 Å². The number of anilines is 3. The van der Waals surface area contributed by atoms with E-state index in [1.165, 1.54) is 6.92 Å². The molecule has 2 rings (SSSR count). The number of hydrogen-bond acceptors (Lipinski definition) is 6. The molecule has 0 radical (unpaired) electrons. The molecule has 2 N–H and O–H groups in total. The van der Waals surface area contributed by atoms with Gasteiger partial charge >= 0.3 is 0 Å². The first-order chi connectivity index (χ1) is 9.69. The van der Waals surface area contributed by atoms with E-state index in [0.717, 1.165) is 18.7 Å². The highest BCUT2D eigenvalue weighted by atomic mass is 16.1. The van der Waals surface area contributed by atoms with E-state index in [9.17, 15) is 4.79 Å². The Morgan fingerprint density at radius 1 is 1.35 bits per heavy atom. The molecule has 0 aliphatic carbocycles. The van der Waals surface area contributed by atoms with Crippen LogP contribution in [0.2, 0.25) is 0 Å². The van der Waals surface area contributed by atoms with Gasteiger partial charge in [-0.25, -0.2) is 0 Å². The summed E-state index contributed by atoms with van der Waals surface area (Å²) in [5.41, 5.74) is 1.40. The van der Waals surface area contributed by atoms with Gasteiger partial charge in [-0.3, -0.25) is 4.79 Å². The number of benzene rings is 1. The zero-order valence-electron chi connectivity index (χ0n) is 11.6. The van der Waals surface area contributed by atoms with Crippen LogP contribution in [-0.2, 0) is 0 Å². The van der Waals surface area contributed by atoms with Crippen molar-refractivity contribution in [1.29, 1.82) is 0 Å². The lowest BCUT2D eigenvalue weighted by Gasteiger charge is -2.07. The molecule has 20 heavy (non-hydrogen) atoms. The third-order valence-corrected chi connectivity index (χ3v) is 2.64. The topological polar surface area (TPSA) is 79.8 Å². The highest BCUT2D eigenvalue weighted by molar-refractivity contribution is 5.95. The van der Waals surface area contributed by atoms with Gasteiger partial charge in [-0.2, -0.15) is 10.1 Å². The number of Topliss-reactive ketones (excluding diaryl/α,β-unsaturated/α-hetero) is 1. The summed E-state index contributed by atoms with van der Waals surface area (Å²) >= 11 is 0. The summed E-state index contributed by atoms with van der Waals surface area (Å²) in [6.07, 6.45) is 2.58. The van der Waals surface area contributed by atoms with Crippen LogP contribution < -0.4 is 10.6 Å². The number of rotatable bonds is 6. The van der Waals surface area contributed by atoms with Crippen LogP contribution in [-0.4, -0.2) is 27.5 Å². The Bertz CT molecular complexity index is 600. The lowest BCUT2D eigenvalue weighted by atomic mass is 10.1. The molecular weight excluding hydrogens is 254 g/mol. The van der Waals surface area contributed by atoms with Gasteiger partial charge in [-0.1, -0.05) is 19.1 Å². The average Bonchev–Trinajstić information content (AvgIpc) is 2.46. The third-order valence-electron chi connectivity index (χ3n) is 2.64. The molecule has 0 bridgehead atoms. The van der Waals surface area contributed by atoms with Crippen molar-refractivity contribution in [2.75, 3.05) is 17.2 Å². The van der Waals surface area contributed by atoms with E-state index in [1.54, 1.807) is 18.3 Å². The highest BCUT2D eigenvalue weighted by Gasteiger charge is 2.03. The van der Waals surface area contributed by atoms with E-state index in [-0.39, 0.29) is 5.78 Å². The number of nitrogens with zero attached hydrogens (tertiary/aromatic N) is 3. The van der Waals surface area contributed by atoms with E-state index < -0.39 is 0 Å². The van der Waals surface area contributed by atoms with Crippen molar-refractivity contribution in [1.82, 2.24) is 15.2 Å². The largest absolute Gasteiger partial charge is 0.369 e. The van der Waals surface area contributed by atoms with E-state index in [1.807, 2.05) is 12.1 Å². The van der Waals surface area contributed by atoms with E-state index in [0.29, 0.717) is 17.3 Å². The third kappa shape index (κ3) is 3.74. The molecule has 1 heterocycles. The lowest BCUT2D eigenvalue weighted by molar-refractivity contribution is 0.101. The van der Waals surface area contributed by atoms with Gasteiger partial charge in [-0.15, -0.1) is 5.10 Å². The number of hydrogen-bond donors (Lipinski definition) is 2. The predicted octanol–water partition coefficient (Wildman–Crippen LogP) is 2.64. The maximum atomic E-state index is 11.3. The second-order valence-corrected chi connectivity index (χ2v) is 4.35. The Labute approximate surface area is 117 Å². The summed E-state index contributed by atoms with van der Waals surface area (Å²) in [6, 6.07) is 7.19. The molecule has 6 heteroatoms. The van der Waals surface area contributed by atoms with Crippen LogP contribution >= 0.6 is 0 Å². The van der Waals surface area contributed by atoms with Gasteiger partial charge in [-0.05, 0) is 25.5 Å². The van der Waals surface area contributed by atoms with Gasteiger partial charge in [0.25, 0.3) is 0 Å². The summed E-state index contributed by atoms with van der Waals surface area (Å²) in [7, 11) is 0. The molecule has 0 atom stereocenters. The molecule has 0 fully saturated rings. The minimum Gasteiger partial charge on any atom is -0.369 e. The van der Waals surface area contributed by atoms with Crippen molar-refractivity contribution in [3.05, 3.63) is 36.0 Å². The monoisotopic (exact) mass is 271 g/mol. The molecule has 0 saturated heterocycles. The zero-order valence-corrected chi connectivity index (χ0v) is 11.6. The summed E-state index contributed by atoms with van der Waals surface area (Å²) in [6.45, 7) is 4.44. The Hall–Kier alpha value is -2.50. The van der Waals surface area contributed by atoms with Gasteiger partial charge in [0.2, 0.25) is 5.95 Å². The van der Waals surface area contributed by atoms with Gasteiger partial charge in [0.05, 0.1) is 6.20 Å². The number of nitrogens with one attached hydrogen (secondary N) is 2. The Kier molecular flexibility index (Phi) is 4.60. The fourth-order valence-electron chi connectivity index (χ4n) is 1.64. The minimum atomic E-state index is 0.0195. The second-order valence-electron chi connectivity index (χ2n) is 4.35. The van der Waals surface area contributed by atoms with Crippen molar-refractivity contribution >= 4 is 23.2 Å². The number of carbonyl (C=O) groups excluding carboxylic acids is 1. The lowest BCUT2D eigenvalue weighted by Crippen LogP contribution is -2.06. The van der Waals surface area contributed by atoms with Crippen molar-refractivity contribution in [2.24, 2.45) is 0 Å². The molecular formula is C14H17N5O. The van der Waals surface area contributed by atoms with Crippen molar-refractivity contribution in [3.8, 4) is 0 Å². The second kappa shape index (κ2) is 6.60. The SMILES string of the molecule is CCCNc1cnnc(Nc2cccc(C(C)=O)c2)n1.